The summed E-state index contributed by atoms with van der Waals surface area (Å²) < 4.78 is 5.23. The van der Waals surface area contributed by atoms with E-state index in [-0.39, 0.29) is 61.5 Å². The maximum Gasteiger partial charge on any atom is 0.308 e. The lowest BCUT2D eigenvalue weighted by atomic mass is 10.0. The van der Waals surface area contributed by atoms with Crippen LogP contribution in [-0.2, 0) is 40.1 Å². The van der Waals surface area contributed by atoms with Gasteiger partial charge in [-0.15, -0.1) is 0 Å². The van der Waals surface area contributed by atoms with Crippen molar-refractivity contribution in [2.24, 2.45) is 17.6 Å². The summed E-state index contributed by atoms with van der Waals surface area (Å²) in [7, 11) is 0. The number of unbranched alkanes of at least 4 members (excludes halogenated alkanes) is 2. The second-order valence-corrected chi connectivity index (χ2v) is 11.8. The Morgan fingerprint density at radius 3 is 2.13 bits per heavy atom. The summed E-state index contributed by atoms with van der Waals surface area (Å²) in [5.41, 5.74) is 6.54. The quantitative estimate of drug-likeness (QED) is 0.0514. The van der Waals surface area contributed by atoms with Crippen molar-refractivity contribution in [3.8, 4) is 0 Å². The van der Waals surface area contributed by atoms with E-state index in [9.17, 15) is 33.9 Å². The average molecular weight is 645 g/mol. The van der Waals surface area contributed by atoms with E-state index in [4.69, 9.17) is 10.5 Å². The van der Waals surface area contributed by atoms with Crippen molar-refractivity contribution in [3.05, 3.63) is 42.0 Å². The molecule has 2 unspecified atom stereocenters. The first-order chi connectivity index (χ1) is 21.8. The van der Waals surface area contributed by atoms with Crippen LogP contribution in [0.4, 0.5) is 5.69 Å². The van der Waals surface area contributed by atoms with Crippen molar-refractivity contribution in [3.63, 3.8) is 0 Å². The van der Waals surface area contributed by atoms with Gasteiger partial charge in [-0.1, -0.05) is 46.2 Å². The van der Waals surface area contributed by atoms with Gasteiger partial charge in [0.2, 0.25) is 17.7 Å². The fourth-order valence-corrected chi connectivity index (χ4v) is 4.49. The third-order valence-corrected chi connectivity index (χ3v) is 7.18. The molecule has 46 heavy (non-hydrogen) atoms. The number of esters is 1. The second-order valence-electron chi connectivity index (χ2n) is 11.8. The average Bonchev–Trinajstić information content (AvgIpc) is 3.32. The van der Waals surface area contributed by atoms with Crippen molar-refractivity contribution < 1.29 is 38.6 Å². The Morgan fingerprint density at radius 1 is 0.891 bits per heavy atom. The van der Waals surface area contributed by atoms with Crippen LogP contribution in [0.2, 0.25) is 0 Å². The van der Waals surface area contributed by atoms with Gasteiger partial charge in [-0.25, -0.2) is 0 Å². The molecule has 1 aromatic carbocycles. The molecule has 0 saturated carbocycles. The van der Waals surface area contributed by atoms with Crippen molar-refractivity contribution >= 4 is 41.2 Å². The van der Waals surface area contributed by atoms with Crippen LogP contribution in [0.5, 0.6) is 0 Å². The fraction of sp³-hybridized carbons (Fsp3) is 0.562. The van der Waals surface area contributed by atoms with E-state index in [1.807, 2.05) is 0 Å². The van der Waals surface area contributed by atoms with Crippen LogP contribution >= 0.6 is 0 Å². The van der Waals surface area contributed by atoms with E-state index >= 15 is 0 Å². The number of nitrogens with one attached hydrogen (secondary N) is 4. The smallest absolute Gasteiger partial charge is 0.308 e. The highest BCUT2D eigenvalue weighted by molar-refractivity contribution is 6.12. The number of aliphatic hydroxyl groups is 1. The summed E-state index contributed by atoms with van der Waals surface area (Å²) in [5, 5.41) is 20.2. The van der Waals surface area contributed by atoms with E-state index in [2.05, 4.69) is 21.3 Å². The minimum Gasteiger partial charge on any atom is -0.461 e. The maximum absolute atomic E-state index is 13.3. The van der Waals surface area contributed by atoms with Crippen LogP contribution in [-0.4, -0.2) is 77.0 Å². The molecule has 14 nitrogen and oxygen atoms in total. The van der Waals surface area contributed by atoms with Crippen LogP contribution in [0.15, 0.2) is 36.4 Å². The minimum absolute atomic E-state index is 0.102. The molecule has 1 aliphatic rings. The zero-order valence-electron chi connectivity index (χ0n) is 27.0. The number of imide groups is 1. The maximum atomic E-state index is 13.3. The van der Waals surface area contributed by atoms with E-state index in [1.54, 1.807) is 52.0 Å². The first-order valence-electron chi connectivity index (χ1n) is 15.6. The number of hydrogen-bond acceptors (Lipinski definition) is 10. The summed E-state index contributed by atoms with van der Waals surface area (Å²) >= 11 is 0. The van der Waals surface area contributed by atoms with Crippen LogP contribution in [0.25, 0.3) is 0 Å². The van der Waals surface area contributed by atoms with Crippen molar-refractivity contribution in [1.82, 2.24) is 20.9 Å². The number of rotatable bonds is 20. The predicted octanol–water partition coefficient (Wildman–Crippen LogP) is 1.04. The van der Waals surface area contributed by atoms with Gasteiger partial charge in [0.05, 0.1) is 5.92 Å². The number of anilines is 1. The molecule has 1 aliphatic heterocycles. The fourth-order valence-electron chi connectivity index (χ4n) is 4.49. The molecule has 5 amide bonds. The number of ether oxygens (including phenoxy) is 1. The summed E-state index contributed by atoms with van der Waals surface area (Å²) in [6.45, 7) is 7.73. The van der Waals surface area contributed by atoms with E-state index < -0.39 is 30.2 Å². The first-order valence-corrected chi connectivity index (χ1v) is 15.6. The topological polar surface area (TPSA) is 209 Å². The largest absolute Gasteiger partial charge is 0.461 e. The molecule has 0 aromatic heterocycles. The molecule has 0 fully saturated rings. The first kappa shape index (κ1) is 38.0. The Morgan fingerprint density at radius 2 is 1.54 bits per heavy atom. The Labute approximate surface area is 269 Å². The van der Waals surface area contributed by atoms with Crippen LogP contribution in [0, 0.1) is 11.8 Å². The third kappa shape index (κ3) is 13.5. The molecule has 1 heterocycles. The molecular weight excluding hydrogens is 596 g/mol. The summed E-state index contributed by atoms with van der Waals surface area (Å²) in [6, 6.07) is 4.91. The van der Waals surface area contributed by atoms with Gasteiger partial charge < -0.3 is 25.8 Å². The molecule has 2 rings (SSSR count). The molecule has 0 radical (unpaired) electrons. The van der Waals surface area contributed by atoms with Gasteiger partial charge in [-0.2, -0.15) is 0 Å². The van der Waals surface area contributed by atoms with Gasteiger partial charge in [0, 0.05) is 30.8 Å². The Hall–Kier alpha value is -4.14. The molecule has 7 N–H and O–H groups in total. The SMILES string of the molecule is CC(C)C(=O)OCc1ccc(NC(=O)[C@H](CCCNC(N)O)NC(=O)C(NC(=O)CCCCCN2C(=O)C=CC2=O)C(C)C)cc1. The van der Waals surface area contributed by atoms with Crippen molar-refractivity contribution in [2.75, 3.05) is 18.4 Å². The lowest BCUT2D eigenvalue weighted by Gasteiger charge is -2.25. The Kier molecular flexibility index (Phi) is 16.0. The Bertz CT molecular complexity index is 1210. The molecular formula is C32H48N6O8. The predicted molar refractivity (Wildman–Crippen MR) is 170 cm³/mol. The van der Waals surface area contributed by atoms with Gasteiger partial charge in [-0.3, -0.25) is 44.7 Å². The van der Waals surface area contributed by atoms with Gasteiger partial charge >= 0.3 is 5.97 Å². The molecule has 0 aliphatic carbocycles. The zero-order valence-corrected chi connectivity index (χ0v) is 27.0. The highest BCUT2D eigenvalue weighted by Gasteiger charge is 2.29. The van der Waals surface area contributed by atoms with Crippen LogP contribution < -0.4 is 27.0 Å². The summed E-state index contributed by atoms with van der Waals surface area (Å²) in [5.74, 6) is -2.83. The van der Waals surface area contributed by atoms with Crippen molar-refractivity contribution in [2.45, 2.75) is 91.3 Å². The molecule has 0 spiro atoms. The standard InChI is InChI=1S/C32H48N6O8/c1-20(2)28(37-25(39)10-6-5-7-18-38-26(40)15-16-27(38)41)30(43)36-24(9-8-17-34-32(33)45)29(42)35-23-13-11-22(12-14-23)19-46-31(44)21(3)4/h11-16,20-21,24,28,32,34,45H,5-10,17-19,33H2,1-4H3,(H,35,42)(H,36,43)(H,37,39)/t24-,28?,32?/m0/s1. The Balaban J connectivity index is 1.94. The van der Waals surface area contributed by atoms with E-state index in [0.29, 0.717) is 37.9 Å². The monoisotopic (exact) mass is 644 g/mol. The summed E-state index contributed by atoms with van der Waals surface area (Å²) in [6.07, 6.45) is 3.69. The number of carbonyl (C=O) groups is 6. The highest BCUT2D eigenvalue weighted by Crippen LogP contribution is 2.14. The normalized spacial score (nSPS) is 14.7. The van der Waals surface area contributed by atoms with Gasteiger partial charge in [0.1, 0.15) is 18.7 Å². The number of nitrogens with zero attached hydrogens (tertiary/aromatic N) is 1. The number of benzene rings is 1. The number of nitrogens with two attached hydrogens (primary N) is 1. The number of carbonyl (C=O) groups excluding carboxylic acids is 6. The van der Waals surface area contributed by atoms with Gasteiger partial charge in [0.25, 0.3) is 11.8 Å². The van der Waals surface area contributed by atoms with Crippen LogP contribution in [0.3, 0.4) is 0 Å². The number of amides is 5. The lowest BCUT2D eigenvalue weighted by Crippen LogP contribution is -2.54. The second kappa shape index (κ2) is 19.4. The molecule has 1 aromatic rings. The van der Waals surface area contributed by atoms with Gasteiger partial charge in [-0.05, 0) is 55.8 Å². The zero-order chi connectivity index (χ0) is 34.2. The van der Waals surface area contributed by atoms with E-state index in [0.717, 1.165) is 10.5 Å². The molecule has 254 valence electrons. The molecule has 14 heteroatoms. The van der Waals surface area contributed by atoms with Crippen molar-refractivity contribution in [1.29, 1.82) is 0 Å². The number of aliphatic hydroxyl groups excluding tert-OH is 1. The molecule has 3 atom stereocenters. The highest BCUT2D eigenvalue weighted by atomic mass is 16.5. The lowest BCUT2D eigenvalue weighted by molar-refractivity contribution is -0.148. The summed E-state index contributed by atoms with van der Waals surface area (Å²) in [4.78, 5) is 75.5. The minimum atomic E-state index is -1.22. The van der Waals surface area contributed by atoms with Gasteiger partial charge in [0.15, 0.2) is 6.35 Å². The molecule has 0 saturated heterocycles. The van der Waals surface area contributed by atoms with E-state index in [1.165, 1.54) is 12.2 Å². The third-order valence-electron chi connectivity index (χ3n) is 7.18. The number of hydrogen-bond donors (Lipinski definition) is 6. The molecule has 0 bridgehead atoms. The van der Waals surface area contributed by atoms with Crippen LogP contribution in [0.1, 0.15) is 71.8 Å².